The Kier molecular flexibility index (Phi) is 9.26. The van der Waals surface area contributed by atoms with Gasteiger partial charge in [-0.15, -0.1) is 0 Å². The molecule has 2 aromatic carbocycles. The van der Waals surface area contributed by atoms with Crippen molar-refractivity contribution >= 4 is 40.5 Å². The van der Waals surface area contributed by atoms with Gasteiger partial charge in [-0.25, -0.2) is 9.50 Å². The van der Waals surface area contributed by atoms with Crippen LogP contribution in [0.25, 0.3) is 39.0 Å². The molecule has 1 spiro atoms. The zero-order valence-electron chi connectivity index (χ0n) is 29.8. The summed E-state index contributed by atoms with van der Waals surface area (Å²) in [5.41, 5.74) is 5.75. The molecular weight excluding hydrogens is 715 g/mol. The molecule has 3 aliphatic heterocycles. The van der Waals surface area contributed by atoms with Crippen molar-refractivity contribution in [3.8, 4) is 39.4 Å². The molecule has 5 aromatic rings. The molecule has 1 atom stereocenters. The van der Waals surface area contributed by atoms with Crippen LogP contribution in [-0.2, 0) is 29.7 Å². The number of fused-ring (bicyclic) bond motifs is 1. The van der Waals surface area contributed by atoms with Crippen molar-refractivity contribution in [3.63, 3.8) is 0 Å². The number of amides is 2. The van der Waals surface area contributed by atoms with Gasteiger partial charge in [0.2, 0.25) is 17.7 Å². The van der Waals surface area contributed by atoms with E-state index in [9.17, 15) is 14.4 Å². The van der Waals surface area contributed by atoms with Crippen LogP contribution in [0.1, 0.15) is 31.2 Å². The number of nitrogens with zero attached hydrogens (tertiary/aromatic N) is 6. The summed E-state index contributed by atoms with van der Waals surface area (Å²) in [4.78, 5) is 45.7. The van der Waals surface area contributed by atoms with E-state index in [1.165, 1.54) is 0 Å². The van der Waals surface area contributed by atoms with Gasteiger partial charge in [0.15, 0.2) is 0 Å². The lowest BCUT2D eigenvalue weighted by Crippen LogP contribution is -2.72. The molecule has 3 fully saturated rings. The Balaban J connectivity index is 1.02. The second-order valence-corrected chi connectivity index (χ2v) is 15.2. The largest absolute Gasteiger partial charge is 0.481 e. The maximum atomic E-state index is 13.5. The summed E-state index contributed by atoms with van der Waals surface area (Å²) in [7, 11) is 3.35. The summed E-state index contributed by atoms with van der Waals surface area (Å²) in [5.74, 6) is 1.37. The SMILES string of the molecule is COc1nc(-c2cccc(-c3cccc(-c4cc5c(=O)n(C)c(CN6CC7(C6)CN(C(C)=O)C7)nn5c4)c3Cl)c2Cl)ccc1CNC[C@@H]1CCC(=O)N1. The lowest BCUT2D eigenvalue weighted by Gasteiger charge is -2.60. The maximum Gasteiger partial charge on any atom is 0.277 e. The molecule has 53 heavy (non-hydrogen) atoms. The first-order valence-electron chi connectivity index (χ1n) is 17.7. The van der Waals surface area contributed by atoms with Gasteiger partial charge in [0, 0.05) is 111 Å². The van der Waals surface area contributed by atoms with Crippen molar-refractivity contribution in [1.29, 1.82) is 0 Å². The monoisotopic (exact) mass is 754 g/mol. The van der Waals surface area contributed by atoms with E-state index in [4.69, 9.17) is 38.0 Å². The molecule has 0 saturated carbocycles. The summed E-state index contributed by atoms with van der Waals surface area (Å²) >= 11 is 14.3. The first-order chi connectivity index (χ1) is 25.5. The van der Waals surface area contributed by atoms with E-state index in [0.29, 0.717) is 59.0 Å². The summed E-state index contributed by atoms with van der Waals surface area (Å²) in [5, 5.41) is 12.2. The molecule has 6 heterocycles. The first kappa shape index (κ1) is 35.3. The van der Waals surface area contributed by atoms with Gasteiger partial charge < -0.3 is 20.3 Å². The lowest BCUT2D eigenvalue weighted by atomic mass is 9.73. The third-order valence-corrected chi connectivity index (χ3v) is 11.5. The van der Waals surface area contributed by atoms with E-state index in [0.717, 1.165) is 66.0 Å². The molecule has 3 aromatic heterocycles. The number of hydrogen-bond acceptors (Lipinski definition) is 8. The van der Waals surface area contributed by atoms with E-state index in [-0.39, 0.29) is 28.8 Å². The van der Waals surface area contributed by atoms with Crippen molar-refractivity contribution in [2.24, 2.45) is 12.5 Å². The van der Waals surface area contributed by atoms with E-state index in [1.807, 2.05) is 65.7 Å². The van der Waals surface area contributed by atoms with Crippen LogP contribution in [0.15, 0.2) is 65.6 Å². The summed E-state index contributed by atoms with van der Waals surface area (Å²) in [6.45, 7) is 6.71. The molecule has 8 rings (SSSR count). The van der Waals surface area contributed by atoms with Crippen molar-refractivity contribution in [2.75, 3.05) is 39.8 Å². The molecule has 14 heteroatoms. The first-order valence-corrected chi connectivity index (χ1v) is 18.5. The van der Waals surface area contributed by atoms with Crippen LogP contribution in [-0.4, -0.2) is 86.7 Å². The van der Waals surface area contributed by atoms with E-state index < -0.39 is 0 Å². The maximum absolute atomic E-state index is 13.5. The minimum Gasteiger partial charge on any atom is -0.481 e. The van der Waals surface area contributed by atoms with E-state index >= 15 is 0 Å². The van der Waals surface area contributed by atoms with Crippen molar-refractivity contribution < 1.29 is 14.3 Å². The Hall–Kier alpha value is -4.75. The Morgan fingerprint density at radius 2 is 1.70 bits per heavy atom. The minimum absolute atomic E-state index is 0.0927. The number of hydrogen-bond donors (Lipinski definition) is 2. The average Bonchev–Trinajstić information content (AvgIpc) is 3.73. The highest BCUT2D eigenvalue weighted by molar-refractivity contribution is 6.39. The van der Waals surface area contributed by atoms with Crippen molar-refractivity contribution in [3.05, 3.63) is 92.6 Å². The van der Waals surface area contributed by atoms with Crippen LogP contribution >= 0.6 is 23.2 Å². The number of nitrogens with one attached hydrogen (secondary N) is 2. The zero-order valence-corrected chi connectivity index (χ0v) is 31.3. The number of ether oxygens (including phenoxy) is 1. The standard InChI is InChI=1S/C39H40Cl2N8O4/c1-23(50)48-21-39(22-48)19-47(20-39)18-33-45-49-17-25(14-32(49)38(52)46(33)2)27-6-4-7-28(35(27)40)29-8-5-9-30(36(29)41)31-12-10-24(37(44-31)53-3)15-42-16-26-11-13-34(51)43-26/h4-10,12,14,17,26,42H,11,13,15-16,18-22H2,1-3H3,(H,43,51)/t26-/m0/s1. The van der Waals surface area contributed by atoms with E-state index in [1.54, 1.807) is 30.2 Å². The fourth-order valence-corrected chi connectivity index (χ4v) is 8.56. The highest BCUT2D eigenvalue weighted by Crippen LogP contribution is 2.43. The van der Waals surface area contributed by atoms with Gasteiger partial charge in [-0.1, -0.05) is 65.7 Å². The number of halogens is 2. The van der Waals surface area contributed by atoms with Crippen LogP contribution in [0.2, 0.25) is 10.0 Å². The van der Waals surface area contributed by atoms with Gasteiger partial charge in [0.1, 0.15) is 11.3 Å². The minimum atomic E-state index is -0.141. The number of rotatable bonds is 10. The number of likely N-dealkylation sites (tertiary alicyclic amines) is 2. The molecule has 0 radical (unpaired) electrons. The third-order valence-electron chi connectivity index (χ3n) is 10.7. The number of aromatic nitrogens is 4. The molecule has 2 N–H and O–H groups in total. The summed E-state index contributed by atoms with van der Waals surface area (Å²) in [6.07, 6.45) is 3.23. The van der Waals surface area contributed by atoms with Gasteiger partial charge >= 0.3 is 0 Å². The quantitative estimate of drug-likeness (QED) is 0.209. The van der Waals surface area contributed by atoms with Gasteiger partial charge in [0.05, 0.1) is 29.4 Å². The van der Waals surface area contributed by atoms with Crippen LogP contribution in [0.5, 0.6) is 5.88 Å². The third kappa shape index (κ3) is 6.58. The molecule has 2 amide bonds. The molecule has 3 saturated heterocycles. The lowest BCUT2D eigenvalue weighted by molar-refractivity contribution is -0.157. The smallest absolute Gasteiger partial charge is 0.277 e. The second-order valence-electron chi connectivity index (χ2n) is 14.5. The molecule has 0 bridgehead atoms. The van der Waals surface area contributed by atoms with E-state index in [2.05, 4.69) is 15.5 Å². The summed E-state index contributed by atoms with van der Waals surface area (Å²) < 4.78 is 8.91. The molecule has 12 nitrogen and oxygen atoms in total. The molecule has 3 aliphatic rings. The Labute approximate surface area is 316 Å². The van der Waals surface area contributed by atoms with Crippen molar-refractivity contribution in [1.82, 2.24) is 39.6 Å². The predicted molar refractivity (Wildman–Crippen MR) is 204 cm³/mol. The molecule has 0 aliphatic carbocycles. The van der Waals surface area contributed by atoms with Gasteiger partial charge in [-0.05, 0) is 18.6 Å². The number of pyridine rings is 1. The number of methoxy groups -OCH3 is 1. The van der Waals surface area contributed by atoms with Gasteiger partial charge in [-0.2, -0.15) is 5.10 Å². The fourth-order valence-electron chi connectivity index (χ4n) is 7.90. The van der Waals surface area contributed by atoms with Gasteiger partial charge in [-0.3, -0.25) is 23.9 Å². The zero-order chi connectivity index (χ0) is 37.0. The van der Waals surface area contributed by atoms with Crippen molar-refractivity contribution in [2.45, 2.75) is 38.9 Å². The highest BCUT2D eigenvalue weighted by atomic mass is 35.5. The number of carbonyl (C=O) groups is 2. The topological polar surface area (TPSA) is 126 Å². The Morgan fingerprint density at radius 3 is 2.38 bits per heavy atom. The second kappa shape index (κ2) is 13.9. The number of carbonyl (C=O) groups excluding carboxylic acids is 2. The van der Waals surface area contributed by atoms with Crippen LogP contribution in [0.3, 0.4) is 0 Å². The molecular formula is C39H40Cl2N8O4. The molecule has 274 valence electrons. The number of benzene rings is 2. The fraction of sp³-hybridized carbons (Fsp3) is 0.359. The molecule has 0 unspecified atom stereocenters. The average molecular weight is 756 g/mol. The normalized spacial score (nSPS) is 17.9. The Bertz CT molecular complexity index is 2320. The highest BCUT2D eigenvalue weighted by Gasteiger charge is 2.52. The summed E-state index contributed by atoms with van der Waals surface area (Å²) in [6, 6.07) is 17.4. The Morgan fingerprint density at radius 1 is 1.00 bits per heavy atom. The van der Waals surface area contributed by atoms with Crippen LogP contribution < -0.4 is 20.9 Å². The van der Waals surface area contributed by atoms with Crippen LogP contribution in [0, 0.1) is 5.41 Å². The predicted octanol–water partition coefficient (Wildman–Crippen LogP) is 4.78. The van der Waals surface area contributed by atoms with Crippen LogP contribution in [0.4, 0.5) is 0 Å². The van der Waals surface area contributed by atoms with Gasteiger partial charge in [0.25, 0.3) is 5.56 Å².